The fourth-order valence-electron chi connectivity index (χ4n) is 1.81. The molecule has 0 aliphatic heterocycles. The molecule has 0 fully saturated rings. The van der Waals surface area contributed by atoms with Crippen LogP contribution in [-0.4, -0.2) is 26.7 Å². The predicted octanol–water partition coefficient (Wildman–Crippen LogP) is 2.17. The van der Waals surface area contributed by atoms with E-state index in [-0.39, 0.29) is 24.0 Å². The van der Waals surface area contributed by atoms with Crippen molar-refractivity contribution < 1.29 is 17.7 Å². The Balaban J connectivity index is 2.07. The zero-order valence-electron chi connectivity index (χ0n) is 10.8. The molecule has 0 aliphatic rings. The number of benzene rings is 2. The molecule has 1 unspecified atom stereocenters. The second-order valence-corrected chi connectivity index (χ2v) is 5.96. The summed E-state index contributed by atoms with van der Waals surface area (Å²) < 4.78 is 29.0. The third-order valence-corrected chi connectivity index (χ3v) is 4.24. The highest BCUT2D eigenvalue weighted by atomic mass is 32.2. The predicted molar refractivity (Wildman–Crippen MR) is 75.8 cm³/mol. The van der Waals surface area contributed by atoms with Crippen molar-refractivity contribution in [2.24, 2.45) is 0 Å². The minimum absolute atomic E-state index is 0.0856. The van der Waals surface area contributed by atoms with Crippen molar-refractivity contribution >= 4 is 10.1 Å². The van der Waals surface area contributed by atoms with E-state index in [0.717, 1.165) is 5.56 Å². The van der Waals surface area contributed by atoms with Gasteiger partial charge in [-0.2, -0.15) is 8.42 Å². The van der Waals surface area contributed by atoms with E-state index in [1.54, 1.807) is 18.2 Å². The van der Waals surface area contributed by atoms with Crippen LogP contribution in [0.2, 0.25) is 0 Å². The molecule has 2 aromatic carbocycles. The molecule has 0 saturated heterocycles. The minimum Gasteiger partial charge on any atom is -0.396 e. The molecule has 0 heterocycles. The number of rotatable bonds is 6. The zero-order chi connectivity index (χ0) is 14.4. The molecule has 0 bridgehead atoms. The quantitative estimate of drug-likeness (QED) is 0.829. The van der Waals surface area contributed by atoms with E-state index in [4.69, 9.17) is 4.18 Å². The van der Waals surface area contributed by atoms with Gasteiger partial charge in [0.15, 0.2) is 0 Å². The largest absolute Gasteiger partial charge is 0.396 e. The Labute approximate surface area is 118 Å². The number of hydrogen-bond acceptors (Lipinski definition) is 4. The van der Waals surface area contributed by atoms with E-state index in [0.29, 0.717) is 0 Å². The topological polar surface area (TPSA) is 63.6 Å². The standard InChI is InChI=1S/C15H16O4S/c16-11-14(13-7-3-1-4-8-13)12-19-20(17,18)15-9-5-2-6-10-15/h1-10,14,16H,11-12H2. The third kappa shape index (κ3) is 3.66. The Morgan fingerprint density at radius 1 is 0.950 bits per heavy atom. The molecule has 0 radical (unpaired) electrons. The number of aliphatic hydroxyl groups excluding tert-OH is 1. The van der Waals surface area contributed by atoms with Gasteiger partial charge in [0.2, 0.25) is 0 Å². The molecule has 0 aliphatic carbocycles. The van der Waals surface area contributed by atoms with Crippen LogP contribution < -0.4 is 0 Å². The molecule has 4 nitrogen and oxygen atoms in total. The van der Waals surface area contributed by atoms with Crippen LogP contribution in [0.4, 0.5) is 0 Å². The normalized spacial score (nSPS) is 13.1. The molecule has 0 aromatic heterocycles. The Bertz CT molecular complexity index is 623. The first-order valence-corrected chi connectivity index (χ1v) is 7.64. The summed E-state index contributed by atoms with van der Waals surface area (Å²) in [6.45, 7) is -0.258. The van der Waals surface area contributed by atoms with Gasteiger partial charge in [-0.25, -0.2) is 0 Å². The molecule has 1 N–H and O–H groups in total. The van der Waals surface area contributed by atoms with Gasteiger partial charge >= 0.3 is 0 Å². The highest BCUT2D eigenvalue weighted by Crippen LogP contribution is 2.18. The van der Waals surface area contributed by atoms with Gasteiger partial charge in [-0.1, -0.05) is 48.5 Å². The molecule has 106 valence electrons. The van der Waals surface area contributed by atoms with Gasteiger partial charge in [0.1, 0.15) is 0 Å². The summed E-state index contributed by atoms with van der Waals surface area (Å²) in [5.74, 6) is -0.366. The first-order valence-electron chi connectivity index (χ1n) is 6.24. The molecule has 5 heteroatoms. The summed E-state index contributed by atoms with van der Waals surface area (Å²) in [5.41, 5.74) is 0.846. The van der Waals surface area contributed by atoms with Crippen LogP contribution in [0.25, 0.3) is 0 Å². The van der Waals surface area contributed by atoms with Crippen molar-refractivity contribution in [3.8, 4) is 0 Å². The zero-order valence-corrected chi connectivity index (χ0v) is 11.7. The van der Waals surface area contributed by atoms with Crippen LogP contribution in [0.5, 0.6) is 0 Å². The molecular formula is C15H16O4S. The monoisotopic (exact) mass is 292 g/mol. The van der Waals surface area contributed by atoms with Crippen molar-refractivity contribution in [2.45, 2.75) is 10.8 Å². The highest BCUT2D eigenvalue weighted by molar-refractivity contribution is 7.86. The van der Waals surface area contributed by atoms with Crippen LogP contribution in [0.1, 0.15) is 11.5 Å². The van der Waals surface area contributed by atoms with Crippen molar-refractivity contribution in [1.29, 1.82) is 0 Å². The molecule has 0 amide bonds. The maximum atomic E-state index is 12.0. The summed E-state index contributed by atoms with van der Waals surface area (Å²) in [7, 11) is -3.78. The molecular weight excluding hydrogens is 276 g/mol. The molecule has 2 aromatic rings. The first kappa shape index (κ1) is 14.7. The highest BCUT2D eigenvalue weighted by Gasteiger charge is 2.18. The van der Waals surface area contributed by atoms with Gasteiger partial charge < -0.3 is 5.11 Å². The smallest absolute Gasteiger partial charge is 0.296 e. The van der Waals surface area contributed by atoms with E-state index in [2.05, 4.69) is 0 Å². The van der Waals surface area contributed by atoms with Gasteiger partial charge in [-0.05, 0) is 17.7 Å². The van der Waals surface area contributed by atoms with Crippen LogP contribution >= 0.6 is 0 Å². The summed E-state index contributed by atoms with van der Waals surface area (Å²) in [6, 6.07) is 17.2. The van der Waals surface area contributed by atoms with Crippen molar-refractivity contribution in [3.05, 3.63) is 66.2 Å². The van der Waals surface area contributed by atoms with Gasteiger partial charge in [-0.3, -0.25) is 4.18 Å². The Kier molecular flexibility index (Phi) is 4.89. The molecule has 0 spiro atoms. The summed E-state index contributed by atoms with van der Waals surface area (Å²) in [4.78, 5) is 0.116. The van der Waals surface area contributed by atoms with E-state index in [1.807, 2.05) is 30.3 Å². The Morgan fingerprint density at radius 3 is 2.05 bits per heavy atom. The van der Waals surface area contributed by atoms with Crippen molar-refractivity contribution in [1.82, 2.24) is 0 Å². The van der Waals surface area contributed by atoms with Crippen molar-refractivity contribution in [3.63, 3.8) is 0 Å². The van der Waals surface area contributed by atoms with Crippen LogP contribution in [-0.2, 0) is 14.3 Å². The van der Waals surface area contributed by atoms with E-state index >= 15 is 0 Å². The fourth-order valence-corrected chi connectivity index (χ4v) is 2.78. The second-order valence-electron chi connectivity index (χ2n) is 4.34. The van der Waals surface area contributed by atoms with E-state index in [1.165, 1.54) is 12.1 Å². The molecule has 2 rings (SSSR count). The van der Waals surface area contributed by atoms with Gasteiger partial charge in [0, 0.05) is 5.92 Å². The second kappa shape index (κ2) is 6.65. The number of hydrogen-bond donors (Lipinski definition) is 1. The van der Waals surface area contributed by atoms with Crippen LogP contribution in [0.3, 0.4) is 0 Å². The lowest BCUT2D eigenvalue weighted by molar-refractivity contribution is 0.208. The SMILES string of the molecule is O=S(=O)(OCC(CO)c1ccccc1)c1ccccc1. The van der Waals surface area contributed by atoms with Gasteiger partial charge in [0.05, 0.1) is 18.1 Å². The summed E-state index contributed by atoms with van der Waals surface area (Å²) >= 11 is 0. The maximum absolute atomic E-state index is 12.0. The van der Waals surface area contributed by atoms with E-state index < -0.39 is 10.1 Å². The molecule has 1 atom stereocenters. The third-order valence-electron chi connectivity index (χ3n) is 2.95. The van der Waals surface area contributed by atoms with Crippen molar-refractivity contribution in [2.75, 3.05) is 13.2 Å². The summed E-state index contributed by atoms with van der Waals surface area (Å²) in [5, 5.41) is 9.37. The molecule has 20 heavy (non-hydrogen) atoms. The molecule has 0 saturated carbocycles. The number of aliphatic hydroxyl groups is 1. The van der Waals surface area contributed by atoms with Crippen LogP contribution in [0, 0.1) is 0 Å². The lowest BCUT2D eigenvalue weighted by Gasteiger charge is -2.14. The summed E-state index contributed by atoms with van der Waals surface area (Å²) in [6.07, 6.45) is 0. The lowest BCUT2D eigenvalue weighted by atomic mass is 10.0. The van der Waals surface area contributed by atoms with Gasteiger partial charge in [0.25, 0.3) is 10.1 Å². The minimum atomic E-state index is -3.78. The fraction of sp³-hybridized carbons (Fsp3) is 0.200. The Morgan fingerprint density at radius 2 is 1.50 bits per heavy atom. The lowest BCUT2D eigenvalue weighted by Crippen LogP contribution is -2.16. The average molecular weight is 292 g/mol. The van der Waals surface area contributed by atoms with Gasteiger partial charge in [-0.15, -0.1) is 0 Å². The average Bonchev–Trinajstić information content (AvgIpc) is 2.50. The maximum Gasteiger partial charge on any atom is 0.296 e. The van der Waals surface area contributed by atoms with E-state index in [9.17, 15) is 13.5 Å². The first-order chi connectivity index (χ1) is 9.63. The van der Waals surface area contributed by atoms with Crippen LogP contribution in [0.15, 0.2) is 65.6 Å². The Hall–Kier alpha value is -1.69.